The molecule has 0 amide bonds. The molecule has 0 aromatic carbocycles. The topological polar surface area (TPSA) is 87.6 Å². The van der Waals surface area contributed by atoms with E-state index in [4.69, 9.17) is 9.52 Å². The molecule has 1 fully saturated rings. The molecule has 0 atom stereocenters. The molecule has 0 bridgehead atoms. The lowest BCUT2D eigenvalue weighted by Gasteiger charge is -2.36. The Morgan fingerprint density at radius 1 is 1.18 bits per heavy atom. The third-order valence-corrected chi connectivity index (χ3v) is 5.19. The van der Waals surface area contributed by atoms with Gasteiger partial charge in [-0.05, 0) is 19.8 Å². The van der Waals surface area contributed by atoms with Crippen LogP contribution in [0.3, 0.4) is 0 Å². The Hall–Kier alpha value is -1.69. The van der Waals surface area contributed by atoms with Gasteiger partial charge in [0, 0.05) is 58.3 Å². The average molecular weight is 500 g/mol. The highest BCUT2D eigenvalue weighted by atomic mass is 127. The molecule has 1 saturated heterocycles. The number of halogens is 1. The van der Waals surface area contributed by atoms with Gasteiger partial charge < -0.3 is 19.3 Å². The summed E-state index contributed by atoms with van der Waals surface area (Å²) in [5, 5.41) is 16.1. The highest BCUT2D eigenvalue weighted by Gasteiger charge is 2.21. The zero-order valence-corrected chi connectivity index (χ0v) is 18.7. The molecular weight excluding hydrogens is 471 g/mol. The first-order valence-electron chi connectivity index (χ1n) is 9.89. The van der Waals surface area contributed by atoms with Gasteiger partial charge in [-0.2, -0.15) is 0 Å². The van der Waals surface area contributed by atoms with Crippen molar-refractivity contribution in [3.05, 3.63) is 29.7 Å². The number of nitrogens with one attached hydrogen (secondary N) is 1. The number of guanidine groups is 1. The van der Waals surface area contributed by atoms with Crippen LogP contribution in [-0.4, -0.2) is 68.4 Å². The molecule has 0 spiro atoms. The minimum absolute atomic E-state index is 0. The molecule has 0 unspecified atom stereocenters. The Kier molecular flexibility index (Phi) is 7.65. The molecular formula is C18H29IN8O. The maximum absolute atomic E-state index is 4.92. The molecule has 154 valence electrons. The van der Waals surface area contributed by atoms with Gasteiger partial charge in [-0.3, -0.25) is 4.90 Å². The zero-order valence-electron chi connectivity index (χ0n) is 16.4. The van der Waals surface area contributed by atoms with Crippen LogP contribution in [0.4, 0.5) is 0 Å². The highest BCUT2D eigenvalue weighted by Crippen LogP contribution is 2.15. The summed E-state index contributed by atoms with van der Waals surface area (Å²) in [6, 6.07) is 1.93. The van der Waals surface area contributed by atoms with Crippen LogP contribution in [0.1, 0.15) is 37.1 Å². The van der Waals surface area contributed by atoms with Crippen molar-refractivity contribution in [2.75, 3.05) is 32.7 Å². The molecule has 10 heteroatoms. The van der Waals surface area contributed by atoms with Crippen molar-refractivity contribution in [2.24, 2.45) is 4.99 Å². The lowest BCUT2D eigenvalue weighted by atomic mass is 10.2. The molecule has 1 N–H and O–H groups in total. The van der Waals surface area contributed by atoms with Crippen LogP contribution in [0.25, 0.3) is 0 Å². The maximum Gasteiger partial charge on any atom is 0.194 e. The van der Waals surface area contributed by atoms with Crippen LogP contribution in [0, 0.1) is 0 Å². The predicted molar refractivity (Wildman–Crippen MR) is 117 cm³/mol. The molecule has 2 aromatic rings. The van der Waals surface area contributed by atoms with E-state index < -0.39 is 0 Å². The number of aliphatic imine (C=N–C) groups is 1. The molecule has 0 radical (unpaired) electrons. The van der Waals surface area contributed by atoms with E-state index in [1.807, 2.05) is 6.07 Å². The number of piperazine rings is 1. The minimum atomic E-state index is 0. The summed E-state index contributed by atoms with van der Waals surface area (Å²) in [7, 11) is 0. The second-order valence-electron chi connectivity index (χ2n) is 7.07. The van der Waals surface area contributed by atoms with Crippen molar-refractivity contribution in [1.82, 2.24) is 35.0 Å². The van der Waals surface area contributed by atoms with Crippen molar-refractivity contribution in [3.63, 3.8) is 0 Å². The first-order chi connectivity index (χ1) is 13.3. The third-order valence-electron chi connectivity index (χ3n) is 5.19. The van der Waals surface area contributed by atoms with Gasteiger partial charge in [-0.25, -0.2) is 4.99 Å². The van der Waals surface area contributed by atoms with Gasteiger partial charge in [0.25, 0.3) is 0 Å². The van der Waals surface area contributed by atoms with Gasteiger partial charge in [0.2, 0.25) is 0 Å². The minimum Gasteiger partial charge on any atom is -0.364 e. The summed E-state index contributed by atoms with van der Waals surface area (Å²) in [5.74, 6) is 3.05. The summed E-state index contributed by atoms with van der Waals surface area (Å²) in [4.78, 5) is 9.58. The normalized spacial score (nSPS) is 17.9. The van der Waals surface area contributed by atoms with Gasteiger partial charge in [0.15, 0.2) is 11.8 Å². The quantitative estimate of drug-likeness (QED) is 0.378. The molecule has 0 aliphatic carbocycles. The Bertz CT molecular complexity index is 752. The molecule has 2 aliphatic rings. The van der Waals surface area contributed by atoms with Crippen molar-refractivity contribution in [2.45, 2.75) is 45.8 Å². The Morgan fingerprint density at radius 2 is 2.04 bits per heavy atom. The van der Waals surface area contributed by atoms with Crippen LogP contribution >= 0.6 is 24.0 Å². The Labute approximate surface area is 182 Å². The van der Waals surface area contributed by atoms with Gasteiger partial charge >= 0.3 is 0 Å². The number of hydrogen-bond acceptors (Lipinski definition) is 6. The number of hydrogen-bond donors (Lipinski definition) is 1. The lowest BCUT2D eigenvalue weighted by Crippen LogP contribution is -2.52. The van der Waals surface area contributed by atoms with Crippen LogP contribution in [-0.2, 0) is 26.1 Å². The fraction of sp³-hybridized carbons (Fsp3) is 0.667. The molecule has 2 aliphatic heterocycles. The molecule has 0 saturated carbocycles. The zero-order chi connectivity index (χ0) is 18.5. The second kappa shape index (κ2) is 10.2. The Morgan fingerprint density at radius 3 is 2.79 bits per heavy atom. The summed E-state index contributed by atoms with van der Waals surface area (Å²) >= 11 is 0. The van der Waals surface area contributed by atoms with Crippen molar-refractivity contribution < 1.29 is 4.52 Å². The van der Waals surface area contributed by atoms with Crippen molar-refractivity contribution >= 4 is 29.9 Å². The van der Waals surface area contributed by atoms with E-state index in [1.165, 1.54) is 12.8 Å². The number of fused-ring (bicyclic) bond motifs is 1. The largest absolute Gasteiger partial charge is 0.364 e. The van der Waals surface area contributed by atoms with E-state index >= 15 is 0 Å². The lowest BCUT2D eigenvalue weighted by molar-refractivity contribution is 0.169. The second-order valence-corrected chi connectivity index (χ2v) is 7.07. The number of aryl methyl sites for hydroxylation is 1. The standard InChI is InChI=1S/C18H28N8O.HI/c1-2-19-18(20-13-17-22-21-16-5-3-4-7-26(16)17)25-10-8-24(9-11-25)14-15-6-12-27-23-15;/h6,12H,2-5,7-11,13-14H2,1H3,(H,19,20);1H. The highest BCUT2D eigenvalue weighted by molar-refractivity contribution is 14.0. The summed E-state index contributed by atoms with van der Waals surface area (Å²) in [5.41, 5.74) is 0.987. The fourth-order valence-electron chi connectivity index (χ4n) is 3.72. The average Bonchev–Trinajstić information content (AvgIpc) is 3.36. The molecule has 28 heavy (non-hydrogen) atoms. The summed E-state index contributed by atoms with van der Waals surface area (Å²) in [6.45, 7) is 9.26. The van der Waals surface area contributed by atoms with Crippen LogP contribution in [0.15, 0.2) is 21.8 Å². The van der Waals surface area contributed by atoms with E-state index in [1.54, 1.807) is 6.26 Å². The van der Waals surface area contributed by atoms with Gasteiger partial charge in [-0.15, -0.1) is 34.2 Å². The fourth-order valence-corrected chi connectivity index (χ4v) is 3.72. The number of nitrogens with zero attached hydrogens (tertiary/aromatic N) is 7. The van der Waals surface area contributed by atoms with E-state index in [0.29, 0.717) is 6.54 Å². The predicted octanol–water partition coefficient (Wildman–Crippen LogP) is 1.50. The summed E-state index contributed by atoms with van der Waals surface area (Å²) in [6.07, 6.45) is 5.08. The van der Waals surface area contributed by atoms with Crippen LogP contribution in [0.2, 0.25) is 0 Å². The maximum atomic E-state index is 4.92. The first kappa shape index (κ1) is 21.0. The van der Waals surface area contributed by atoms with E-state index in [0.717, 1.165) is 75.5 Å². The number of aromatic nitrogens is 4. The van der Waals surface area contributed by atoms with Crippen LogP contribution in [0.5, 0.6) is 0 Å². The van der Waals surface area contributed by atoms with E-state index in [-0.39, 0.29) is 24.0 Å². The monoisotopic (exact) mass is 500 g/mol. The Balaban J connectivity index is 0.00000225. The molecule has 9 nitrogen and oxygen atoms in total. The molecule has 2 aromatic heterocycles. The van der Waals surface area contributed by atoms with Crippen LogP contribution < -0.4 is 5.32 Å². The van der Waals surface area contributed by atoms with Gasteiger partial charge in [0.1, 0.15) is 18.6 Å². The smallest absolute Gasteiger partial charge is 0.194 e. The number of rotatable bonds is 5. The molecule has 4 heterocycles. The summed E-state index contributed by atoms with van der Waals surface area (Å²) < 4.78 is 7.17. The van der Waals surface area contributed by atoms with Crippen molar-refractivity contribution in [1.29, 1.82) is 0 Å². The van der Waals surface area contributed by atoms with Gasteiger partial charge in [0.05, 0.1) is 5.69 Å². The van der Waals surface area contributed by atoms with E-state index in [2.05, 4.69) is 42.0 Å². The van der Waals surface area contributed by atoms with Crippen molar-refractivity contribution in [3.8, 4) is 0 Å². The van der Waals surface area contributed by atoms with Gasteiger partial charge in [-0.1, -0.05) is 5.16 Å². The first-order valence-corrected chi connectivity index (χ1v) is 9.89. The third kappa shape index (κ3) is 5.02. The SMILES string of the molecule is CCNC(=NCc1nnc2n1CCCC2)N1CCN(Cc2ccon2)CC1.I. The van der Waals surface area contributed by atoms with E-state index in [9.17, 15) is 0 Å². The molecule has 4 rings (SSSR count).